The zero-order chi connectivity index (χ0) is 12.4. The molecule has 1 aromatic carbocycles. The summed E-state index contributed by atoms with van der Waals surface area (Å²) in [5.41, 5.74) is 7.30. The molecule has 90 valence electrons. The molecule has 3 rings (SSSR count). The number of nitrogens with zero attached hydrogens (tertiary/aromatic N) is 3. The number of hydrogen-bond donors (Lipinski definition) is 2. The van der Waals surface area contributed by atoms with E-state index in [9.17, 15) is 0 Å². The van der Waals surface area contributed by atoms with Crippen LogP contribution in [0.3, 0.4) is 0 Å². The van der Waals surface area contributed by atoms with Gasteiger partial charge in [0.25, 0.3) is 0 Å². The molecule has 0 saturated carbocycles. The highest BCUT2D eigenvalue weighted by Gasteiger charge is 2.04. The third kappa shape index (κ3) is 1.95. The molecular formula is C12H11N5O. The van der Waals surface area contributed by atoms with Gasteiger partial charge in [0.15, 0.2) is 5.76 Å². The van der Waals surface area contributed by atoms with E-state index in [-0.39, 0.29) is 0 Å². The van der Waals surface area contributed by atoms with Crippen LogP contribution in [-0.4, -0.2) is 15.1 Å². The molecule has 0 unspecified atom stereocenters. The number of hydrogen-bond acceptors (Lipinski definition) is 6. The van der Waals surface area contributed by atoms with Gasteiger partial charge in [0, 0.05) is 17.1 Å². The van der Waals surface area contributed by atoms with Crippen LogP contribution in [0.5, 0.6) is 0 Å². The lowest BCUT2D eigenvalue weighted by Crippen LogP contribution is -2.02. The lowest BCUT2D eigenvalue weighted by Gasteiger charge is -2.06. The molecule has 6 nitrogen and oxygen atoms in total. The number of nitrogens with one attached hydrogen (secondary N) is 1. The van der Waals surface area contributed by atoms with E-state index in [1.165, 1.54) is 6.33 Å². The fourth-order valence-corrected chi connectivity index (χ4v) is 1.72. The van der Waals surface area contributed by atoms with E-state index >= 15 is 0 Å². The van der Waals surface area contributed by atoms with Gasteiger partial charge in [-0.3, -0.25) is 0 Å². The van der Waals surface area contributed by atoms with Crippen molar-refractivity contribution in [1.82, 2.24) is 15.1 Å². The van der Waals surface area contributed by atoms with Crippen LogP contribution in [-0.2, 0) is 6.54 Å². The maximum Gasteiger partial charge on any atom is 0.155 e. The Bertz CT molecular complexity index is 665. The van der Waals surface area contributed by atoms with Crippen LogP contribution < -0.4 is 11.1 Å². The Labute approximate surface area is 103 Å². The summed E-state index contributed by atoms with van der Waals surface area (Å²) in [7, 11) is 0. The smallest absolute Gasteiger partial charge is 0.155 e. The molecule has 0 saturated heterocycles. The first kappa shape index (κ1) is 10.5. The summed E-state index contributed by atoms with van der Waals surface area (Å²) < 4.78 is 5.01. The SMILES string of the molecule is Nc1ccc2ncnc(NCc3ccno3)c2c1. The van der Waals surface area contributed by atoms with Gasteiger partial charge in [-0.2, -0.15) is 0 Å². The van der Waals surface area contributed by atoms with Gasteiger partial charge in [-0.15, -0.1) is 0 Å². The van der Waals surface area contributed by atoms with Crippen LogP contribution >= 0.6 is 0 Å². The Balaban J connectivity index is 1.93. The summed E-state index contributed by atoms with van der Waals surface area (Å²) in [5.74, 6) is 1.47. The molecule has 0 aliphatic carbocycles. The fraction of sp³-hybridized carbons (Fsp3) is 0.0833. The molecule has 18 heavy (non-hydrogen) atoms. The van der Waals surface area contributed by atoms with Crippen molar-refractivity contribution in [2.75, 3.05) is 11.1 Å². The van der Waals surface area contributed by atoms with Gasteiger partial charge < -0.3 is 15.6 Å². The molecule has 0 bridgehead atoms. The van der Waals surface area contributed by atoms with Crippen molar-refractivity contribution in [1.29, 1.82) is 0 Å². The Hall–Kier alpha value is -2.63. The Morgan fingerprint density at radius 2 is 2.17 bits per heavy atom. The zero-order valence-electron chi connectivity index (χ0n) is 9.50. The first-order valence-electron chi connectivity index (χ1n) is 5.46. The van der Waals surface area contributed by atoms with Crippen LogP contribution in [0.1, 0.15) is 5.76 Å². The second kappa shape index (κ2) is 4.33. The molecule has 0 amide bonds. The monoisotopic (exact) mass is 241 g/mol. The molecule has 2 aromatic heterocycles. The lowest BCUT2D eigenvalue weighted by molar-refractivity contribution is 0.388. The van der Waals surface area contributed by atoms with Crippen molar-refractivity contribution in [3.05, 3.63) is 42.5 Å². The molecule has 2 heterocycles. The van der Waals surface area contributed by atoms with E-state index < -0.39 is 0 Å². The minimum Gasteiger partial charge on any atom is -0.399 e. The van der Waals surface area contributed by atoms with Crippen molar-refractivity contribution < 1.29 is 4.52 Å². The summed E-state index contributed by atoms with van der Waals surface area (Å²) in [6.07, 6.45) is 3.12. The summed E-state index contributed by atoms with van der Waals surface area (Å²) in [5, 5.41) is 7.71. The number of fused-ring (bicyclic) bond motifs is 1. The van der Waals surface area contributed by atoms with Gasteiger partial charge in [-0.25, -0.2) is 9.97 Å². The molecule has 3 N–H and O–H groups in total. The van der Waals surface area contributed by atoms with Gasteiger partial charge in [-0.1, -0.05) is 5.16 Å². The lowest BCUT2D eigenvalue weighted by atomic mass is 10.2. The molecule has 0 radical (unpaired) electrons. The average molecular weight is 241 g/mol. The van der Waals surface area contributed by atoms with E-state index in [1.54, 1.807) is 12.3 Å². The maximum atomic E-state index is 5.77. The minimum absolute atomic E-state index is 0.515. The van der Waals surface area contributed by atoms with E-state index in [0.29, 0.717) is 12.2 Å². The van der Waals surface area contributed by atoms with Gasteiger partial charge >= 0.3 is 0 Å². The number of anilines is 2. The first-order chi connectivity index (χ1) is 8.83. The topological polar surface area (TPSA) is 89.9 Å². The van der Waals surface area contributed by atoms with Crippen molar-refractivity contribution >= 4 is 22.4 Å². The normalized spacial score (nSPS) is 10.7. The molecule has 0 atom stereocenters. The maximum absolute atomic E-state index is 5.77. The number of benzene rings is 1. The van der Waals surface area contributed by atoms with E-state index in [0.717, 1.165) is 22.5 Å². The standard InChI is InChI=1S/C12H11N5O/c13-8-1-2-11-10(5-8)12(16-7-15-11)14-6-9-3-4-17-18-9/h1-5,7H,6,13H2,(H,14,15,16). The van der Waals surface area contributed by atoms with Crippen LogP contribution in [0.2, 0.25) is 0 Å². The van der Waals surface area contributed by atoms with Crippen LogP contribution in [0.15, 0.2) is 41.3 Å². The van der Waals surface area contributed by atoms with Crippen LogP contribution in [0.4, 0.5) is 11.5 Å². The number of rotatable bonds is 3. The quantitative estimate of drug-likeness (QED) is 0.680. The van der Waals surface area contributed by atoms with E-state index in [4.69, 9.17) is 10.3 Å². The van der Waals surface area contributed by atoms with Gasteiger partial charge in [0.05, 0.1) is 18.3 Å². The summed E-state index contributed by atoms with van der Waals surface area (Å²) in [6, 6.07) is 7.32. The molecule has 6 heteroatoms. The largest absolute Gasteiger partial charge is 0.399 e. The predicted molar refractivity (Wildman–Crippen MR) is 67.8 cm³/mol. The third-order valence-corrected chi connectivity index (χ3v) is 2.58. The number of nitrogens with two attached hydrogens (primary N) is 1. The van der Waals surface area contributed by atoms with Crippen molar-refractivity contribution in [3.63, 3.8) is 0 Å². The second-order valence-corrected chi connectivity index (χ2v) is 3.83. The third-order valence-electron chi connectivity index (χ3n) is 2.58. The van der Waals surface area contributed by atoms with E-state index in [1.807, 2.05) is 18.2 Å². The molecule has 0 aliphatic rings. The Kier molecular flexibility index (Phi) is 2.53. The highest BCUT2D eigenvalue weighted by molar-refractivity contribution is 5.91. The number of nitrogen functional groups attached to an aromatic ring is 1. The summed E-state index contributed by atoms with van der Waals surface area (Å²) in [4.78, 5) is 8.39. The fourth-order valence-electron chi connectivity index (χ4n) is 1.72. The van der Waals surface area contributed by atoms with Crippen LogP contribution in [0, 0.1) is 0 Å². The van der Waals surface area contributed by atoms with Crippen molar-refractivity contribution in [2.45, 2.75) is 6.54 Å². The van der Waals surface area contributed by atoms with Crippen LogP contribution in [0.25, 0.3) is 10.9 Å². The number of aromatic nitrogens is 3. The van der Waals surface area contributed by atoms with Gasteiger partial charge in [-0.05, 0) is 18.2 Å². The molecule has 0 fully saturated rings. The van der Waals surface area contributed by atoms with Gasteiger partial charge in [0.1, 0.15) is 12.1 Å². The van der Waals surface area contributed by atoms with Gasteiger partial charge in [0.2, 0.25) is 0 Å². The van der Waals surface area contributed by atoms with Crippen molar-refractivity contribution in [2.24, 2.45) is 0 Å². The zero-order valence-corrected chi connectivity index (χ0v) is 9.50. The highest BCUT2D eigenvalue weighted by atomic mass is 16.5. The highest BCUT2D eigenvalue weighted by Crippen LogP contribution is 2.21. The molecular weight excluding hydrogens is 230 g/mol. The predicted octanol–water partition coefficient (Wildman–Crippen LogP) is 1.81. The van der Waals surface area contributed by atoms with E-state index in [2.05, 4.69) is 20.4 Å². The molecule has 0 spiro atoms. The summed E-state index contributed by atoms with van der Waals surface area (Å²) in [6.45, 7) is 0.515. The summed E-state index contributed by atoms with van der Waals surface area (Å²) >= 11 is 0. The molecule has 3 aromatic rings. The first-order valence-corrected chi connectivity index (χ1v) is 5.46. The Morgan fingerprint density at radius 1 is 1.22 bits per heavy atom. The minimum atomic E-state index is 0.515. The van der Waals surface area contributed by atoms with Crippen molar-refractivity contribution in [3.8, 4) is 0 Å². The second-order valence-electron chi connectivity index (χ2n) is 3.83. The molecule has 0 aliphatic heterocycles. The Morgan fingerprint density at radius 3 is 3.00 bits per heavy atom. The average Bonchev–Trinajstić information content (AvgIpc) is 2.89.